The van der Waals surface area contributed by atoms with Gasteiger partial charge in [-0.1, -0.05) is 20.8 Å². The number of likely N-dealkylation sites (N-methyl/N-ethyl adjacent to an activating group) is 1. The van der Waals surface area contributed by atoms with Crippen molar-refractivity contribution >= 4 is 15.9 Å². The van der Waals surface area contributed by atoms with Crippen molar-refractivity contribution in [2.24, 2.45) is 0 Å². The first-order chi connectivity index (χ1) is 8.89. The van der Waals surface area contributed by atoms with Gasteiger partial charge in [-0.2, -0.15) is 5.10 Å². The predicted octanol–water partition coefficient (Wildman–Crippen LogP) is 3.21. The van der Waals surface area contributed by atoms with E-state index in [-0.39, 0.29) is 5.54 Å². The Balaban J connectivity index is 3.11. The molecule has 0 saturated carbocycles. The van der Waals surface area contributed by atoms with Crippen LogP contribution < -0.4 is 0 Å². The average molecular weight is 332 g/mol. The first-order valence-corrected chi connectivity index (χ1v) is 7.83. The van der Waals surface area contributed by atoms with Crippen LogP contribution >= 0.6 is 15.9 Å². The van der Waals surface area contributed by atoms with E-state index in [0.717, 1.165) is 36.2 Å². The van der Waals surface area contributed by atoms with Crippen LogP contribution in [0.1, 0.15) is 52.8 Å². The number of nitrogens with zero attached hydrogens (tertiary/aromatic N) is 3. The zero-order valence-electron chi connectivity index (χ0n) is 12.6. The van der Waals surface area contributed by atoms with Gasteiger partial charge in [0.25, 0.3) is 0 Å². The molecule has 0 aliphatic rings. The number of aromatic nitrogens is 2. The maximum atomic E-state index is 10.8. The van der Waals surface area contributed by atoms with E-state index in [1.54, 1.807) is 6.20 Å². The molecule has 19 heavy (non-hydrogen) atoms. The summed E-state index contributed by atoms with van der Waals surface area (Å²) in [6, 6.07) is 0. The summed E-state index contributed by atoms with van der Waals surface area (Å²) in [6.07, 6.45) is 2.20. The van der Waals surface area contributed by atoms with Gasteiger partial charge in [0, 0.05) is 12.1 Å². The van der Waals surface area contributed by atoms with Gasteiger partial charge in [0.2, 0.25) is 0 Å². The van der Waals surface area contributed by atoms with Crippen LogP contribution in [-0.2, 0) is 6.54 Å². The maximum absolute atomic E-state index is 10.8. The van der Waals surface area contributed by atoms with Crippen LogP contribution in [-0.4, -0.2) is 38.4 Å². The minimum Gasteiger partial charge on any atom is -0.385 e. The van der Waals surface area contributed by atoms with E-state index in [9.17, 15) is 5.11 Å². The molecule has 110 valence electrons. The van der Waals surface area contributed by atoms with Gasteiger partial charge in [0.15, 0.2) is 0 Å². The normalized spacial score (nSPS) is 14.1. The van der Waals surface area contributed by atoms with Gasteiger partial charge in [-0.25, -0.2) is 0 Å². The van der Waals surface area contributed by atoms with E-state index in [4.69, 9.17) is 0 Å². The summed E-state index contributed by atoms with van der Waals surface area (Å²) < 4.78 is 2.79. The summed E-state index contributed by atoms with van der Waals surface area (Å²) in [7, 11) is 0. The van der Waals surface area contributed by atoms with E-state index >= 15 is 0 Å². The quantitative estimate of drug-likeness (QED) is 0.834. The lowest BCUT2D eigenvalue weighted by Crippen LogP contribution is -2.48. The molecule has 1 rings (SSSR count). The molecule has 5 heteroatoms. The fourth-order valence-corrected chi connectivity index (χ4v) is 3.09. The van der Waals surface area contributed by atoms with Gasteiger partial charge < -0.3 is 5.11 Å². The number of rotatable bonds is 7. The van der Waals surface area contributed by atoms with E-state index in [0.29, 0.717) is 0 Å². The van der Waals surface area contributed by atoms with Crippen molar-refractivity contribution < 1.29 is 5.11 Å². The lowest BCUT2D eigenvalue weighted by Gasteiger charge is -2.41. The fourth-order valence-electron chi connectivity index (χ4n) is 2.58. The standard InChI is InChI=1S/C14H26BrN3O/c1-6-9-18-12(11(15)10-16-18)13(19)14(4,5)17(7-2)8-3/h10,13,19H,6-9H2,1-5H3. The second-order valence-electron chi connectivity index (χ2n) is 5.33. The molecule has 0 radical (unpaired) electrons. The molecule has 0 aliphatic carbocycles. The number of aryl methyl sites for hydroxylation is 1. The van der Waals surface area contributed by atoms with Crippen molar-refractivity contribution in [3.63, 3.8) is 0 Å². The fraction of sp³-hybridized carbons (Fsp3) is 0.786. The molecular weight excluding hydrogens is 306 g/mol. The Bertz CT molecular complexity index is 399. The molecule has 0 fully saturated rings. The van der Waals surface area contributed by atoms with E-state index in [2.05, 4.69) is 60.5 Å². The monoisotopic (exact) mass is 331 g/mol. The summed E-state index contributed by atoms with van der Waals surface area (Å²) in [5, 5.41) is 15.2. The Morgan fingerprint density at radius 1 is 1.37 bits per heavy atom. The van der Waals surface area contributed by atoms with Crippen LogP contribution in [0.25, 0.3) is 0 Å². The number of halogens is 1. The molecule has 4 nitrogen and oxygen atoms in total. The van der Waals surface area contributed by atoms with Crippen LogP contribution in [0.5, 0.6) is 0 Å². The molecule has 1 N–H and O–H groups in total. The van der Waals surface area contributed by atoms with Crippen LogP contribution in [0.4, 0.5) is 0 Å². The van der Waals surface area contributed by atoms with Gasteiger partial charge in [-0.15, -0.1) is 0 Å². The SMILES string of the molecule is CCCn1ncc(Br)c1C(O)C(C)(C)N(CC)CC. The van der Waals surface area contributed by atoms with Crippen LogP contribution in [0.3, 0.4) is 0 Å². The summed E-state index contributed by atoms with van der Waals surface area (Å²) in [5.41, 5.74) is 0.552. The Morgan fingerprint density at radius 2 is 1.95 bits per heavy atom. The molecule has 1 atom stereocenters. The third kappa shape index (κ3) is 3.38. The molecule has 0 bridgehead atoms. The third-order valence-electron chi connectivity index (χ3n) is 3.78. The highest BCUT2D eigenvalue weighted by Crippen LogP contribution is 2.34. The van der Waals surface area contributed by atoms with Crippen molar-refractivity contribution in [2.75, 3.05) is 13.1 Å². The van der Waals surface area contributed by atoms with Crippen LogP contribution in [0.2, 0.25) is 0 Å². The van der Waals surface area contributed by atoms with Crippen molar-refractivity contribution in [3.05, 3.63) is 16.4 Å². The van der Waals surface area contributed by atoms with E-state index < -0.39 is 6.10 Å². The molecule has 0 amide bonds. The molecule has 1 unspecified atom stereocenters. The highest BCUT2D eigenvalue weighted by molar-refractivity contribution is 9.10. The van der Waals surface area contributed by atoms with Crippen molar-refractivity contribution in [2.45, 2.75) is 59.2 Å². The van der Waals surface area contributed by atoms with Crippen molar-refractivity contribution in [3.8, 4) is 0 Å². The summed E-state index contributed by atoms with van der Waals surface area (Å²) in [4.78, 5) is 2.27. The van der Waals surface area contributed by atoms with E-state index in [1.807, 2.05) is 4.68 Å². The van der Waals surface area contributed by atoms with Gasteiger partial charge in [-0.05, 0) is 49.3 Å². The Hall–Kier alpha value is -0.390. The van der Waals surface area contributed by atoms with Crippen LogP contribution in [0, 0.1) is 0 Å². The van der Waals surface area contributed by atoms with Gasteiger partial charge in [0.1, 0.15) is 6.10 Å². The number of aliphatic hydroxyl groups excluding tert-OH is 1. The smallest absolute Gasteiger partial charge is 0.114 e. The van der Waals surface area contributed by atoms with Crippen molar-refractivity contribution in [1.82, 2.24) is 14.7 Å². The molecule has 0 aliphatic heterocycles. The molecule has 0 aromatic carbocycles. The minimum atomic E-state index is -0.573. The highest BCUT2D eigenvalue weighted by atomic mass is 79.9. The van der Waals surface area contributed by atoms with Gasteiger partial charge in [-0.3, -0.25) is 9.58 Å². The molecule has 1 aromatic heterocycles. The van der Waals surface area contributed by atoms with E-state index in [1.165, 1.54) is 0 Å². The number of aliphatic hydroxyl groups is 1. The van der Waals surface area contributed by atoms with Crippen LogP contribution in [0.15, 0.2) is 10.7 Å². The lowest BCUT2D eigenvalue weighted by molar-refractivity contribution is -0.0116. The molecular formula is C14H26BrN3O. The van der Waals surface area contributed by atoms with Gasteiger partial charge in [0.05, 0.1) is 16.4 Å². The zero-order valence-corrected chi connectivity index (χ0v) is 14.2. The first kappa shape index (κ1) is 16.7. The second kappa shape index (κ2) is 6.86. The Kier molecular flexibility index (Phi) is 6.02. The third-order valence-corrected chi connectivity index (χ3v) is 4.39. The average Bonchev–Trinajstić information content (AvgIpc) is 2.71. The zero-order chi connectivity index (χ0) is 14.6. The summed E-state index contributed by atoms with van der Waals surface area (Å²) in [6.45, 7) is 13.2. The largest absolute Gasteiger partial charge is 0.385 e. The number of hydrogen-bond acceptors (Lipinski definition) is 3. The second-order valence-corrected chi connectivity index (χ2v) is 6.18. The maximum Gasteiger partial charge on any atom is 0.114 e. The first-order valence-electron chi connectivity index (χ1n) is 7.04. The predicted molar refractivity (Wildman–Crippen MR) is 82.2 cm³/mol. The highest BCUT2D eigenvalue weighted by Gasteiger charge is 2.36. The molecule has 1 heterocycles. The Labute approximate surface area is 124 Å². The molecule has 0 spiro atoms. The minimum absolute atomic E-state index is 0.322. The van der Waals surface area contributed by atoms with Crippen molar-refractivity contribution in [1.29, 1.82) is 0 Å². The lowest BCUT2D eigenvalue weighted by atomic mass is 9.92. The number of hydrogen-bond donors (Lipinski definition) is 1. The summed E-state index contributed by atoms with van der Waals surface area (Å²) in [5.74, 6) is 0. The van der Waals surface area contributed by atoms with Gasteiger partial charge >= 0.3 is 0 Å². The molecule has 0 saturated heterocycles. The molecule has 1 aromatic rings. The topological polar surface area (TPSA) is 41.3 Å². The summed E-state index contributed by atoms with van der Waals surface area (Å²) >= 11 is 3.51. The Morgan fingerprint density at radius 3 is 2.42 bits per heavy atom.